The molecule has 0 saturated carbocycles. The number of likely N-dealkylation sites (tertiary alicyclic amines) is 1. The van der Waals surface area contributed by atoms with Crippen molar-refractivity contribution >= 4 is 17.7 Å². The van der Waals surface area contributed by atoms with Crippen LogP contribution in [0.4, 0.5) is 10.5 Å². The number of anilines is 1. The highest BCUT2D eigenvalue weighted by molar-refractivity contribution is 5.94. The second-order valence-electron chi connectivity index (χ2n) is 9.05. The quantitative estimate of drug-likeness (QED) is 0.811. The number of piperidine rings is 1. The van der Waals surface area contributed by atoms with Gasteiger partial charge in [-0.25, -0.2) is 9.48 Å². The zero-order valence-corrected chi connectivity index (χ0v) is 18.8. The second-order valence-corrected chi connectivity index (χ2v) is 9.05. The van der Waals surface area contributed by atoms with Gasteiger partial charge in [0.25, 0.3) is 0 Å². The van der Waals surface area contributed by atoms with E-state index in [-0.39, 0.29) is 17.9 Å². The van der Waals surface area contributed by atoms with Crippen LogP contribution in [0.25, 0.3) is 5.69 Å². The molecule has 2 aromatic rings. The van der Waals surface area contributed by atoms with Crippen LogP contribution >= 0.6 is 0 Å². The predicted octanol–water partition coefficient (Wildman–Crippen LogP) is 4.38. The number of rotatable bonds is 3. The first-order chi connectivity index (χ1) is 14.0. The molecule has 1 aromatic carbocycles. The SMILES string of the molecule is Cc1ccc(-n2nc(C)c(NC(=O)C3CCCN(C(=O)OC(C)(C)C)C3)c2C)cc1. The number of aryl methyl sites for hydroxylation is 2. The van der Waals surface area contributed by atoms with Crippen molar-refractivity contribution in [2.24, 2.45) is 5.92 Å². The van der Waals surface area contributed by atoms with Gasteiger partial charge in [0.15, 0.2) is 0 Å². The Morgan fingerprint density at radius 3 is 2.43 bits per heavy atom. The van der Waals surface area contributed by atoms with E-state index in [1.165, 1.54) is 5.56 Å². The molecular weight excluding hydrogens is 380 g/mol. The number of carbonyl (C=O) groups excluding carboxylic acids is 2. The maximum atomic E-state index is 13.0. The van der Waals surface area contributed by atoms with Crippen molar-refractivity contribution in [3.05, 3.63) is 41.2 Å². The zero-order chi connectivity index (χ0) is 22.1. The first-order valence-corrected chi connectivity index (χ1v) is 10.5. The molecule has 1 N–H and O–H groups in total. The average Bonchev–Trinajstić information content (AvgIpc) is 2.95. The molecule has 0 bridgehead atoms. The van der Waals surface area contributed by atoms with Crippen LogP contribution in [0.5, 0.6) is 0 Å². The van der Waals surface area contributed by atoms with E-state index in [4.69, 9.17) is 4.74 Å². The largest absolute Gasteiger partial charge is 0.444 e. The Morgan fingerprint density at radius 2 is 1.80 bits per heavy atom. The molecule has 0 spiro atoms. The molecule has 1 aromatic heterocycles. The minimum atomic E-state index is -0.551. The lowest BCUT2D eigenvalue weighted by molar-refractivity contribution is -0.121. The highest BCUT2D eigenvalue weighted by Crippen LogP contribution is 2.26. The zero-order valence-electron chi connectivity index (χ0n) is 18.8. The van der Waals surface area contributed by atoms with E-state index >= 15 is 0 Å². The number of hydrogen-bond acceptors (Lipinski definition) is 4. The summed E-state index contributed by atoms with van der Waals surface area (Å²) in [6.45, 7) is 12.4. The number of nitrogens with one attached hydrogen (secondary N) is 1. The number of carbonyl (C=O) groups is 2. The molecule has 1 aliphatic rings. The minimum absolute atomic E-state index is 0.0853. The third-order valence-electron chi connectivity index (χ3n) is 5.26. The first-order valence-electron chi connectivity index (χ1n) is 10.5. The van der Waals surface area contributed by atoms with Crippen molar-refractivity contribution in [3.8, 4) is 5.69 Å². The van der Waals surface area contributed by atoms with Gasteiger partial charge in [0.05, 0.1) is 28.7 Å². The van der Waals surface area contributed by atoms with Gasteiger partial charge in [0, 0.05) is 13.1 Å². The topological polar surface area (TPSA) is 76.5 Å². The Kier molecular flexibility index (Phi) is 6.19. The summed E-state index contributed by atoms with van der Waals surface area (Å²) in [7, 11) is 0. The van der Waals surface area contributed by atoms with Gasteiger partial charge in [-0.15, -0.1) is 0 Å². The molecule has 162 valence electrons. The van der Waals surface area contributed by atoms with Gasteiger partial charge in [0.1, 0.15) is 5.60 Å². The Bertz CT molecular complexity index is 925. The molecule has 1 fully saturated rings. The maximum Gasteiger partial charge on any atom is 0.410 e. The van der Waals surface area contributed by atoms with E-state index in [0.717, 1.165) is 35.6 Å². The van der Waals surface area contributed by atoms with Crippen molar-refractivity contribution in [1.82, 2.24) is 14.7 Å². The van der Waals surface area contributed by atoms with E-state index in [2.05, 4.69) is 10.4 Å². The molecule has 0 aliphatic carbocycles. The molecule has 0 radical (unpaired) electrons. The summed E-state index contributed by atoms with van der Waals surface area (Å²) in [6, 6.07) is 8.11. The molecule has 1 atom stereocenters. The molecule has 30 heavy (non-hydrogen) atoms. The summed E-state index contributed by atoms with van der Waals surface area (Å²) in [6.07, 6.45) is 1.16. The van der Waals surface area contributed by atoms with E-state index in [0.29, 0.717) is 13.1 Å². The third-order valence-corrected chi connectivity index (χ3v) is 5.26. The Morgan fingerprint density at radius 1 is 1.13 bits per heavy atom. The molecule has 2 amide bonds. The number of hydrogen-bond donors (Lipinski definition) is 1. The lowest BCUT2D eigenvalue weighted by atomic mass is 9.97. The van der Waals surface area contributed by atoms with Crippen LogP contribution in [-0.2, 0) is 9.53 Å². The van der Waals surface area contributed by atoms with Crippen LogP contribution in [0.15, 0.2) is 24.3 Å². The smallest absolute Gasteiger partial charge is 0.410 e. The molecule has 1 aliphatic heterocycles. The van der Waals surface area contributed by atoms with Crippen LogP contribution < -0.4 is 5.32 Å². The summed E-state index contributed by atoms with van der Waals surface area (Å²) in [5, 5.41) is 7.67. The summed E-state index contributed by atoms with van der Waals surface area (Å²) in [4.78, 5) is 27.0. The first kappa shape index (κ1) is 21.9. The molecule has 2 heterocycles. The van der Waals surface area contributed by atoms with E-state index in [9.17, 15) is 9.59 Å². The molecule has 1 saturated heterocycles. The third kappa shape index (κ3) is 5.01. The van der Waals surface area contributed by atoms with E-state index in [1.54, 1.807) is 4.90 Å². The van der Waals surface area contributed by atoms with Crippen molar-refractivity contribution in [1.29, 1.82) is 0 Å². The fourth-order valence-corrected chi connectivity index (χ4v) is 3.67. The monoisotopic (exact) mass is 412 g/mol. The predicted molar refractivity (Wildman–Crippen MR) is 117 cm³/mol. The molecule has 1 unspecified atom stereocenters. The fraction of sp³-hybridized carbons (Fsp3) is 0.522. The van der Waals surface area contributed by atoms with Crippen molar-refractivity contribution in [2.45, 2.75) is 60.0 Å². The average molecular weight is 413 g/mol. The standard InChI is InChI=1S/C23H32N4O3/c1-15-9-11-19(12-10-15)27-17(3)20(16(2)25-27)24-21(28)18-8-7-13-26(14-18)22(29)30-23(4,5)6/h9-12,18H,7-8,13-14H2,1-6H3,(H,24,28). The van der Waals surface area contributed by atoms with Crippen molar-refractivity contribution in [3.63, 3.8) is 0 Å². The molecule has 7 nitrogen and oxygen atoms in total. The highest BCUT2D eigenvalue weighted by atomic mass is 16.6. The molecule has 7 heteroatoms. The lowest BCUT2D eigenvalue weighted by Crippen LogP contribution is -2.45. The van der Waals surface area contributed by atoms with Gasteiger partial charge in [-0.1, -0.05) is 17.7 Å². The van der Waals surface area contributed by atoms with E-state index in [1.807, 2.05) is 70.5 Å². The van der Waals surface area contributed by atoms with Crippen LogP contribution in [0.1, 0.15) is 50.6 Å². The van der Waals surface area contributed by atoms with Gasteiger partial charge in [-0.2, -0.15) is 5.10 Å². The van der Waals surface area contributed by atoms with Crippen LogP contribution in [-0.4, -0.2) is 45.4 Å². The Balaban J connectivity index is 1.71. The van der Waals surface area contributed by atoms with Crippen LogP contribution in [0, 0.1) is 26.7 Å². The molecular formula is C23H32N4O3. The van der Waals surface area contributed by atoms with Gasteiger partial charge >= 0.3 is 6.09 Å². The van der Waals surface area contributed by atoms with Gasteiger partial charge in [-0.05, 0) is 66.5 Å². The normalized spacial score (nSPS) is 17.0. The van der Waals surface area contributed by atoms with Gasteiger partial charge in [0.2, 0.25) is 5.91 Å². The lowest BCUT2D eigenvalue weighted by Gasteiger charge is -2.33. The number of benzene rings is 1. The maximum absolute atomic E-state index is 13.0. The summed E-state index contributed by atoms with van der Waals surface area (Å²) >= 11 is 0. The van der Waals surface area contributed by atoms with E-state index < -0.39 is 5.60 Å². The fourth-order valence-electron chi connectivity index (χ4n) is 3.67. The Labute approximate surface area is 178 Å². The minimum Gasteiger partial charge on any atom is -0.444 e. The van der Waals surface area contributed by atoms with Crippen LogP contribution in [0.3, 0.4) is 0 Å². The summed E-state index contributed by atoms with van der Waals surface area (Å²) in [5.74, 6) is -0.356. The number of amides is 2. The van der Waals surface area contributed by atoms with Crippen molar-refractivity contribution in [2.75, 3.05) is 18.4 Å². The number of ether oxygens (including phenoxy) is 1. The number of nitrogens with zero attached hydrogens (tertiary/aromatic N) is 3. The van der Waals surface area contributed by atoms with Gasteiger partial charge in [-0.3, -0.25) is 4.79 Å². The molecule has 3 rings (SSSR count). The Hall–Kier alpha value is -2.83. The summed E-state index contributed by atoms with van der Waals surface area (Å²) < 4.78 is 7.31. The van der Waals surface area contributed by atoms with Crippen LogP contribution in [0.2, 0.25) is 0 Å². The van der Waals surface area contributed by atoms with Crippen molar-refractivity contribution < 1.29 is 14.3 Å². The number of aromatic nitrogens is 2. The van der Waals surface area contributed by atoms with Gasteiger partial charge < -0.3 is 15.0 Å². The summed E-state index contributed by atoms with van der Waals surface area (Å²) in [5.41, 5.74) is 3.96. The second kappa shape index (κ2) is 8.50. The highest BCUT2D eigenvalue weighted by Gasteiger charge is 2.31.